The van der Waals surface area contributed by atoms with Crippen molar-refractivity contribution in [1.29, 1.82) is 0 Å². The fraction of sp³-hybridized carbons (Fsp3) is 0.250. The van der Waals surface area contributed by atoms with Crippen molar-refractivity contribution < 1.29 is 19.1 Å². The van der Waals surface area contributed by atoms with Gasteiger partial charge in [-0.1, -0.05) is 0 Å². The normalized spacial score (nSPS) is 9.57. The van der Waals surface area contributed by atoms with Gasteiger partial charge in [-0.05, 0) is 6.07 Å². The maximum Gasteiger partial charge on any atom is 0.348 e. The molecule has 76 valence electrons. The molecule has 14 heavy (non-hydrogen) atoms. The van der Waals surface area contributed by atoms with E-state index in [-0.39, 0.29) is 15.4 Å². The van der Waals surface area contributed by atoms with Gasteiger partial charge in [-0.15, -0.1) is 11.3 Å². The fourth-order valence-electron chi connectivity index (χ4n) is 0.876. The van der Waals surface area contributed by atoms with E-state index in [1.807, 2.05) is 0 Å². The summed E-state index contributed by atoms with van der Waals surface area (Å²) in [6, 6.07) is 1.36. The minimum absolute atomic E-state index is 0.193. The Morgan fingerprint density at radius 2 is 1.86 bits per heavy atom. The maximum atomic E-state index is 11.1. The topological polar surface area (TPSA) is 78.6 Å². The standard InChI is InChI=1S/C8H9NO4S/c1-12-7(10)4-3-5(8(11)13-2)14-6(4)9/h3H,9H2,1-2H3. The molecule has 1 aromatic heterocycles. The highest BCUT2D eigenvalue weighted by molar-refractivity contribution is 7.18. The predicted molar refractivity (Wildman–Crippen MR) is 51.4 cm³/mol. The fourth-order valence-corrected chi connectivity index (χ4v) is 1.71. The van der Waals surface area contributed by atoms with Crippen LogP contribution in [-0.4, -0.2) is 26.2 Å². The quantitative estimate of drug-likeness (QED) is 0.741. The lowest BCUT2D eigenvalue weighted by molar-refractivity contribution is 0.0602. The van der Waals surface area contributed by atoms with Crippen LogP contribution in [-0.2, 0) is 9.47 Å². The van der Waals surface area contributed by atoms with Crippen LogP contribution in [0.3, 0.4) is 0 Å². The number of carbonyl (C=O) groups excluding carboxylic acids is 2. The second kappa shape index (κ2) is 4.10. The number of nitrogens with two attached hydrogens (primary N) is 1. The zero-order chi connectivity index (χ0) is 10.7. The second-order valence-corrected chi connectivity index (χ2v) is 3.46. The van der Waals surface area contributed by atoms with Crippen molar-refractivity contribution in [3.8, 4) is 0 Å². The molecule has 0 bridgehead atoms. The molecule has 0 aliphatic rings. The number of thiophene rings is 1. The minimum Gasteiger partial charge on any atom is -0.465 e. The highest BCUT2D eigenvalue weighted by Crippen LogP contribution is 2.25. The van der Waals surface area contributed by atoms with E-state index in [0.717, 1.165) is 11.3 Å². The molecule has 0 aliphatic heterocycles. The molecule has 0 aliphatic carbocycles. The molecular formula is C8H9NO4S. The SMILES string of the molecule is COC(=O)c1cc(C(=O)OC)c(N)s1. The molecule has 6 heteroatoms. The Balaban J connectivity index is 3.05. The van der Waals surface area contributed by atoms with Crippen LogP contribution in [0.5, 0.6) is 0 Å². The number of hydrogen-bond acceptors (Lipinski definition) is 6. The zero-order valence-corrected chi connectivity index (χ0v) is 8.51. The Kier molecular flexibility index (Phi) is 3.08. The number of hydrogen-bond donors (Lipinski definition) is 1. The Morgan fingerprint density at radius 3 is 2.36 bits per heavy atom. The Labute approximate surface area is 84.4 Å². The van der Waals surface area contributed by atoms with Gasteiger partial charge in [-0.2, -0.15) is 0 Å². The zero-order valence-electron chi connectivity index (χ0n) is 7.70. The lowest BCUT2D eigenvalue weighted by Gasteiger charge is -1.94. The van der Waals surface area contributed by atoms with Gasteiger partial charge in [0.2, 0.25) is 0 Å². The molecule has 0 aromatic carbocycles. The van der Waals surface area contributed by atoms with E-state index in [4.69, 9.17) is 5.73 Å². The predicted octanol–water partition coefficient (Wildman–Crippen LogP) is 0.904. The highest BCUT2D eigenvalue weighted by atomic mass is 32.1. The summed E-state index contributed by atoms with van der Waals surface area (Å²) in [6.45, 7) is 0. The molecule has 2 N–H and O–H groups in total. The van der Waals surface area contributed by atoms with Crippen molar-refractivity contribution in [2.24, 2.45) is 0 Å². The third-order valence-electron chi connectivity index (χ3n) is 1.55. The van der Waals surface area contributed by atoms with Crippen LogP contribution in [0.25, 0.3) is 0 Å². The first-order valence-electron chi connectivity index (χ1n) is 3.66. The molecule has 1 aromatic rings. The average molecular weight is 215 g/mol. The molecule has 0 amide bonds. The summed E-state index contributed by atoms with van der Waals surface area (Å²) < 4.78 is 8.96. The number of carbonyl (C=O) groups is 2. The summed E-state index contributed by atoms with van der Waals surface area (Å²) in [5.41, 5.74) is 5.71. The molecule has 0 atom stereocenters. The van der Waals surface area contributed by atoms with Crippen molar-refractivity contribution in [1.82, 2.24) is 0 Å². The summed E-state index contributed by atoms with van der Waals surface area (Å²) >= 11 is 0.993. The highest BCUT2D eigenvalue weighted by Gasteiger charge is 2.18. The summed E-state index contributed by atoms with van der Waals surface area (Å²) in [4.78, 5) is 22.5. The summed E-state index contributed by atoms with van der Waals surface area (Å²) in [7, 11) is 2.51. The number of anilines is 1. The van der Waals surface area contributed by atoms with Crippen molar-refractivity contribution in [3.05, 3.63) is 16.5 Å². The third-order valence-corrected chi connectivity index (χ3v) is 2.50. The van der Waals surface area contributed by atoms with E-state index in [2.05, 4.69) is 9.47 Å². The molecule has 1 heterocycles. The van der Waals surface area contributed by atoms with Gasteiger partial charge in [0.15, 0.2) is 0 Å². The van der Waals surface area contributed by atoms with E-state index >= 15 is 0 Å². The van der Waals surface area contributed by atoms with Crippen molar-refractivity contribution in [2.75, 3.05) is 20.0 Å². The number of nitrogen functional groups attached to an aromatic ring is 1. The van der Waals surface area contributed by atoms with E-state index in [1.165, 1.54) is 20.3 Å². The Bertz CT molecular complexity index is 371. The molecule has 0 saturated heterocycles. The first-order valence-corrected chi connectivity index (χ1v) is 4.47. The van der Waals surface area contributed by atoms with Crippen LogP contribution in [0, 0.1) is 0 Å². The summed E-state index contributed by atoms with van der Waals surface area (Å²) in [5.74, 6) is -1.08. The van der Waals surface area contributed by atoms with Crippen molar-refractivity contribution >= 4 is 28.3 Å². The van der Waals surface area contributed by atoms with Gasteiger partial charge in [-0.3, -0.25) is 0 Å². The van der Waals surface area contributed by atoms with Gasteiger partial charge in [0.05, 0.1) is 19.8 Å². The molecule has 5 nitrogen and oxygen atoms in total. The van der Waals surface area contributed by atoms with Crippen LogP contribution in [0.1, 0.15) is 20.0 Å². The maximum absolute atomic E-state index is 11.1. The van der Waals surface area contributed by atoms with Crippen molar-refractivity contribution in [3.63, 3.8) is 0 Å². The van der Waals surface area contributed by atoms with Gasteiger partial charge < -0.3 is 15.2 Å². The number of methoxy groups -OCH3 is 2. The summed E-state index contributed by atoms with van der Waals surface area (Å²) in [6.07, 6.45) is 0. The first kappa shape index (κ1) is 10.5. The smallest absolute Gasteiger partial charge is 0.348 e. The van der Waals surface area contributed by atoms with E-state index in [0.29, 0.717) is 0 Å². The van der Waals surface area contributed by atoms with Gasteiger partial charge in [0.25, 0.3) is 0 Å². The number of rotatable bonds is 2. The lowest BCUT2D eigenvalue weighted by Crippen LogP contribution is -2.02. The Hall–Kier alpha value is -1.56. The monoisotopic (exact) mass is 215 g/mol. The first-order chi connectivity index (χ1) is 6.60. The lowest BCUT2D eigenvalue weighted by atomic mass is 10.3. The summed E-state index contributed by atoms with van der Waals surface area (Å²) in [5, 5.41) is 0.247. The molecule has 1 rings (SSSR count). The largest absolute Gasteiger partial charge is 0.465 e. The van der Waals surface area contributed by atoms with E-state index < -0.39 is 11.9 Å². The molecule has 0 fully saturated rings. The van der Waals surface area contributed by atoms with Gasteiger partial charge >= 0.3 is 11.9 Å². The Morgan fingerprint density at radius 1 is 1.29 bits per heavy atom. The molecule has 0 spiro atoms. The molecule has 0 unspecified atom stereocenters. The minimum atomic E-state index is -0.561. The van der Waals surface area contributed by atoms with Crippen LogP contribution in [0.4, 0.5) is 5.00 Å². The molecule has 0 saturated carbocycles. The third kappa shape index (κ3) is 1.85. The average Bonchev–Trinajstić information content (AvgIpc) is 2.58. The van der Waals surface area contributed by atoms with Gasteiger partial charge in [0, 0.05) is 0 Å². The van der Waals surface area contributed by atoms with Crippen LogP contribution in [0.2, 0.25) is 0 Å². The molecular weight excluding hydrogens is 206 g/mol. The van der Waals surface area contributed by atoms with Gasteiger partial charge in [-0.25, -0.2) is 9.59 Å². The van der Waals surface area contributed by atoms with Crippen LogP contribution >= 0.6 is 11.3 Å². The number of esters is 2. The number of ether oxygens (including phenoxy) is 2. The van der Waals surface area contributed by atoms with E-state index in [9.17, 15) is 9.59 Å². The van der Waals surface area contributed by atoms with Crippen LogP contribution in [0.15, 0.2) is 6.07 Å². The van der Waals surface area contributed by atoms with E-state index in [1.54, 1.807) is 0 Å². The molecule has 0 radical (unpaired) electrons. The van der Waals surface area contributed by atoms with Crippen LogP contribution < -0.4 is 5.73 Å². The van der Waals surface area contributed by atoms with Crippen molar-refractivity contribution in [2.45, 2.75) is 0 Å². The van der Waals surface area contributed by atoms with Gasteiger partial charge in [0.1, 0.15) is 9.88 Å². The second-order valence-electron chi connectivity index (χ2n) is 2.37.